The van der Waals surface area contributed by atoms with Gasteiger partial charge in [0.2, 0.25) is 5.91 Å². The second-order valence-electron chi connectivity index (χ2n) is 6.94. The first-order chi connectivity index (χ1) is 9.67. The number of hydrogen-bond donors (Lipinski definition) is 1. The van der Waals surface area contributed by atoms with Crippen LogP contribution in [-0.2, 0) is 9.53 Å². The number of carbonyl (C=O) groups excluding carboxylic acids is 1. The van der Waals surface area contributed by atoms with Crippen molar-refractivity contribution in [1.29, 1.82) is 0 Å². The van der Waals surface area contributed by atoms with Crippen LogP contribution in [0.15, 0.2) is 0 Å². The molecule has 3 fully saturated rings. The fourth-order valence-corrected chi connectivity index (χ4v) is 4.08. The van der Waals surface area contributed by atoms with Gasteiger partial charge in [-0.25, -0.2) is 0 Å². The topological polar surface area (TPSA) is 41.6 Å². The third-order valence-electron chi connectivity index (χ3n) is 5.36. The summed E-state index contributed by atoms with van der Waals surface area (Å²) >= 11 is 0. The van der Waals surface area contributed by atoms with Crippen molar-refractivity contribution in [1.82, 2.24) is 10.2 Å². The van der Waals surface area contributed by atoms with E-state index in [4.69, 9.17) is 4.74 Å². The third kappa shape index (κ3) is 3.17. The predicted molar refractivity (Wildman–Crippen MR) is 78.6 cm³/mol. The molecule has 0 aromatic carbocycles. The number of rotatable bonds is 3. The van der Waals surface area contributed by atoms with E-state index in [1.165, 1.54) is 44.9 Å². The highest BCUT2D eigenvalue weighted by Gasteiger charge is 2.40. The van der Waals surface area contributed by atoms with Gasteiger partial charge in [0.1, 0.15) is 0 Å². The lowest BCUT2D eigenvalue weighted by atomic mass is 9.83. The molecule has 0 aromatic rings. The van der Waals surface area contributed by atoms with Crippen LogP contribution in [0.5, 0.6) is 0 Å². The molecule has 1 amide bonds. The lowest BCUT2D eigenvalue weighted by molar-refractivity contribution is -0.132. The predicted octanol–water partition coefficient (Wildman–Crippen LogP) is 2.08. The highest BCUT2D eigenvalue weighted by atomic mass is 16.5. The molecule has 20 heavy (non-hydrogen) atoms. The molecule has 2 saturated heterocycles. The van der Waals surface area contributed by atoms with E-state index in [0.29, 0.717) is 18.6 Å². The van der Waals surface area contributed by atoms with Crippen LogP contribution in [0.1, 0.15) is 57.8 Å². The second-order valence-corrected chi connectivity index (χ2v) is 6.94. The highest BCUT2D eigenvalue weighted by molar-refractivity contribution is 5.76. The molecule has 1 aliphatic carbocycles. The van der Waals surface area contributed by atoms with Crippen molar-refractivity contribution < 1.29 is 9.53 Å². The summed E-state index contributed by atoms with van der Waals surface area (Å²) in [5.74, 6) is 0.279. The average molecular weight is 280 g/mol. The quantitative estimate of drug-likeness (QED) is 0.860. The summed E-state index contributed by atoms with van der Waals surface area (Å²) in [5, 5.41) is 3.62. The number of nitrogens with zero attached hydrogens (tertiary/aromatic N) is 1. The molecule has 3 rings (SSSR count). The van der Waals surface area contributed by atoms with Gasteiger partial charge in [0.05, 0.1) is 11.7 Å². The summed E-state index contributed by atoms with van der Waals surface area (Å²) in [4.78, 5) is 13.3. The zero-order chi connectivity index (χ0) is 14.0. The molecule has 3 aliphatic rings. The summed E-state index contributed by atoms with van der Waals surface area (Å²) in [6, 6.07) is 0.448. The zero-order valence-corrected chi connectivity index (χ0v) is 12.7. The maximum atomic E-state index is 11.5. The summed E-state index contributed by atoms with van der Waals surface area (Å²) < 4.78 is 6.39. The van der Waals surface area contributed by atoms with Gasteiger partial charge in [-0.05, 0) is 32.1 Å². The first kappa shape index (κ1) is 14.3. The number of nitrogens with one attached hydrogen (secondary N) is 1. The Morgan fingerprint density at radius 3 is 2.80 bits per heavy atom. The van der Waals surface area contributed by atoms with E-state index < -0.39 is 0 Å². The van der Waals surface area contributed by atoms with E-state index in [1.807, 2.05) is 11.9 Å². The van der Waals surface area contributed by atoms with Crippen molar-refractivity contribution in [3.8, 4) is 0 Å². The van der Waals surface area contributed by atoms with Crippen molar-refractivity contribution in [3.63, 3.8) is 0 Å². The van der Waals surface area contributed by atoms with Gasteiger partial charge in [-0.2, -0.15) is 0 Å². The minimum atomic E-state index is 0.226. The standard InChI is InChI=1S/C16H28N2O2/c1-18-12-13(5-6-15(18)19)17-11-14-7-10-16(20-14)8-3-2-4-9-16/h13-14,17H,2-12H2,1H3. The normalized spacial score (nSPS) is 33.9. The fourth-order valence-electron chi connectivity index (χ4n) is 4.08. The van der Waals surface area contributed by atoms with Gasteiger partial charge in [0.15, 0.2) is 0 Å². The Bertz CT molecular complexity index is 352. The van der Waals surface area contributed by atoms with Gasteiger partial charge in [-0.3, -0.25) is 4.79 Å². The Morgan fingerprint density at radius 1 is 1.25 bits per heavy atom. The Kier molecular flexibility index (Phi) is 4.32. The van der Waals surface area contributed by atoms with E-state index in [0.717, 1.165) is 19.5 Å². The van der Waals surface area contributed by atoms with Gasteiger partial charge in [0, 0.05) is 32.6 Å². The van der Waals surface area contributed by atoms with Gasteiger partial charge < -0.3 is 15.0 Å². The molecule has 2 unspecified atom stereocenters. The van der Waals surface area contributed by atoms with Crippen molar-refractivity contribution in [2.45, 2.75) is 75.5 Å². The molecule has 1 N–H and O–H groups in total. The molecule has 0 bridgehead atoms. The molecule has 2 heterocycles. The number of hydrogen-bond acceptors (Lipinski definition) is 3. The van der Waals surface area contributed by atoms with Crippen LogP contribution < -0.4 is 5.32 Å². The average Bonchev–Trinajstić information content (AvgIpc) is 2.84. The molecule has 0 radical (unpaired) electrons. The van der Waals surface area contributed by atoms with E-state index >= 15 is 0 Å². The lowest BCUT2D eigenvalue weighted by Gasteiger charge is -2.34. The van der Waals surface area contributed by atoms with Crippen molar-refractivity contribution in [2.24, 2.45) is 0 Å². The van der Waals surface area contributed by atoms with Gasteiger partial charge in [-0.15, -0.1) is 0 Å². The molecule has 114 valence electrons. The van der Waals surface area contributed by atoms with E-state index in [9.17, 15) is 4.79 Å². The Balaban J connectivity index is 1.42. The van der Waals surface area contributed by atoms with Crippen LogP contribution in [0.25, 0.3) is 0 Å². The van der Waals surface area contributed by atoms with Crippen LogP contribution in [0.3, 0.4) is 0 Å². The number of carbonyl (C=O) groups is 1. The Hall–Kier alpha value is -0.610. The lowest BCUT2D eigenvalue weighted by Crippen LogP contribution is -2.48. The smallest absolute Gasteiger partial charge is 0.222 e. The van der Waals surface area contributed by atoms with Crippen LogP contribution in [-0.4, -0.2) is 48.7 Å². The number of likely N-dealkylation sites (tertiary alicyclic amines) is 1. The van der Waals surface area contributed by atoms with Crippen LogP contribution in [0.4, 0.5) is 0 Å². The second kappa shape index (κ2) is 6.02. The Labute approximate surface area is 122 Å². The first-order valence-corrected chi connectivity index (χ1v) is 8.32. The summed E-state index contributed by atoms with van der Waals surface area (Å²) in [5.41, 5.74) is 0.226. The largest absolute Gasteiger partial charge is 0.370 e. The molecule has 4 nitrogen and oxygen atoms in total. The molecule has 1 saturated carbocycles. The molecule has 0 aromatic heterocycles. The van der Waals surface area contributed by atoms with Crippen molar-refractivity contribution >= 4 is 5.91 Å². The maximum absolute atomic E-state index is 11.5. The van der Waals surface area contributed by atoms with Crippen LogP contribution in [0.2, 0.25) is 0 Å². The zero-order valence-electron chi connectivity index (χ0n) is 12.7. The van der Waals surface area contributed by atoms with Gasteiger partial charge >= 0.3 is 0 Å². The Morgan fingerprint density at radius 2 is 2.05 bits per heavy atom. The first-order valence-electron chi connectivity index (χ1n) is 8.32. The molecular formula is C16H28N2O2. The highest BCUT2D eigenvalue weighted by Crippen LogP contribution is 2.41. The van der Waals surface area contributed by atoms with Gasteiger partial charge in [0.25, 0.3) is 0 Å². The molecule has 2 aliphatic heterocycles. The van der Waals surface area contributed by atoms with Crippen molar-refractivity contribution in [2.75, 3.05) is 20.1 Å². The van der Waals surface area contributed by atoms with Crippen LogP contribution >= 0.6 is 0 Å². The summed E-state index contributed by atoms with van der Waals surface area (Å²) in [7, 11) is 1.90. The number of amides is 1. The van der Waals surface area contributed by atoms with E-state index in [-0.39, 0.29) is 11.5 Å². The minimum absolute atomic E-state index is 0.226. The molecular weight excluding hydrogens is 252 g/mol. The SMILES string of the molecule is CN1CC(NCC2CCC3(CCCCC3)O2)CCC1=O. The minimum Gasteiger partial charge on any atom is -0.370 e. The van der Waals surface area contributed by atoms with E-state index in [1.54, 1.807) is 0 Å². The van der Waals surface area contributed by atoms with Crippen molar-refractivity contribution in [3.05, 3.63) is 0 Å². The fraction of sp³-hybridized carbons (Fsp3) is 0.938. The number of ether oxygens (including phenoxy) is 1. The third-order valence-corrected chi connectivity index (χ3v) is 5.36. The number of piperidine rings is 1. The molecule has 2 atom stereocenters. The summed E-state index contributed by atoms with van der Waals surface area (Å²) in [6.45, 7) is 1.80. The summed E-state index contributed by atoms with van der Waals surface area (Å²) in [6.07, 6.45) is 11.1. The molecule has 4 heteroatoms. The monoisotopic (exact) mass is 280 g/mol. The molecule has 1 spiro atoms. The maximum Gasteiger partial charge on any atom is 0.222 e. The van der Waals surface area contributed by atoms with Crippen LogP contribution in [0, 0.1) is 0 Å². The number of likely N-dealkylation sites (N-methyl/N-ethyl adjacent to an activating group) is 1. The van der Waals surface area contributed by atoms with Gasteiger partial charge in [-0.1, -0.05) is 19.3 Å². The van der Waals surface area contributed by atoms with E-state index in [2.05, 4.69) is 5.32 Å².